The molecule has 2 aliphatic rings. The Morgan fingerprint density at radius 3 is 2.00 bits per heavy atom. The van der Waals surface area contributed by atoms with Gasteiger partial charge < -0.3 is 0 Å². The third-order valence-corrected chi connectivity index (χ3v) is 7.53. The number of rotatable bonds is 3. The topological polar surface area (TPSA) is 0 Å². The van der Waals surface area contributed by atoms with E-state index in [0.29, 0.717) is 0 Å². The molecule has 0 heterocycles. The summed E-state index contributed by atoms with van der Waals surface area (Å²) in [5.41, 5.74) is 13.3. The quantitative estimate of drug-likeness (QED) is 0.407. The minimum absolute atomic E-state index is 0.280. The van der Waals surface area contributed by atoms with Crippen molar-refractivity contribution in [2.75, 3.05) is 0 Å². The number of allylic oxidation sites excluding steroid dienone is 7. The van der Waals surface area contributed by atoms with Crippen LogP contribution in [0.3, 0.4) is 0 Å². The highest BCUT2D eigenvalue weighted by molar-refractivity contribution is 5.80. The zero-order valence-corrected chi connectivity index (χ0v) is 19.3. The van der Waals surface area contributed by atoms with Crippen molar-refractivity contribution in [1.29, 1.82) is 0 Å². The molecule has 0 unspecified atom stereocenters. The Bertz CT molecular complexity index is 1240. The first kappa shape index (κ1) is 20.5. The van der Waals surface area contributed by atoms with Gasteiger partial charge in [-0.15, -0.1) is 0 Å². The minimum Gasteiger partial charge on any atom is -0.0911 e. The van der Waals surface area contributed by atoms with Crippen molar-refractivity contribution in [3.05, 3.63) is 148 Å². The van der Waals surface area contributed by atoms with E-state index in [0.717, 1.165) is 18.4 Å². The fourth-order valence-corrected chi connectivity index (χ4v) is 5.80. The van der Waals surface area contributed by atoms with Crippen molar-refractivity contribution in [3.63, 3.8) is 0 Å². The number of hydrogen-bond acceptors (Lipinski definition) is 0. The lowest BCUT2D eigenvalue weighted by Gasteiger charge is -2.36. The second-order valence-corrected chi connectivity index (χ2v) is 8.96. The lowest BCUT2D eigenvalue weighted by Crippen LogP contribution is -2.29. The Morgan fingerprint density at radius 1 is 0.781 bits per heavy atom. The molecule has 3 aromatic carbocycles. The summed E-state index contributed by atoms with van der Waals surface area (Å²) in [6.07, 6.45) is 6.56. The van der Waals surface area contributed by atoms with Crippen molar-refractivity contribution < 1.29 is 0 Å². The van der Waals surface area contributed by atoms with Gasteiger partial charge in [0.1, 0.15) is 0 Å². The molecule has 0 heteroatoms. The van der Waals surface area contributed by atoms with Crippen LogP contribution in [0.1, 0.15) is 48.6 Å². The van der Waals surface area contributed by atoms with Gasteiger partial charge in [-0.25, -0.2) is 0 Å². The Balaban J connectivity index is 1.86. The lowest BCUT2D eigenvalue weighted by atomic mass is 9.66. The van der Waals surface area contributed by atoms with Crippen LogP contribution in [0.15, 0.2) is 120 Å². The molecule has 0 saturated carbocycles. The third-order valence-electron chi connectivity index (χ3n) is 7.53. The molecule has 0 N–H and O–H groups in total. The molecular weight excluding hydrogens is 384 g/mol. The summed E-state index contributed by atoms with van der Waals surface area (Å²) >= 11 is 0. The first-order valence-electron chi connectivity index (χ1n) is 11.6. The van der Waals surface area contributed by atoms with Gasteiger partial charge in [0.2, 0.25) is 0 Å². The van der Waals surface area contributed by atoms with Crippen molar-refractivity contribution >= 4 is 5.57 Å². The van der Waals surface area contributed by atoms with Crippen LogP contribution in [0, 0.1) is 0 Å². The normalized spacial score (nSPS) is 18.2. The predicted molar refractivity (Wildman–Crippen MR) is 137 cm³/mol. The Kier molecular flexibility index (Phi) is 5.10. The first-order chi connectivity index (χ1) is 15.6. The molecule has 0 atom stereocenters. The van der Waals surface area contributed by atoms with E-state index in [4.69, 9.17) is 0 Å². The van der Waals surface area contributed by atoms with Gasteiger partial charge in [0, 0.05) is 0 Å². The average Bonchev–Trinajstić information content (AvgIpc) is 3.04. The first-order valence-corrected chi connectivity index (χ1v) is 11.6. The molecule has 0 saturated heterocycles. The summed E-state index contributed by atoms with van der Waals surface area (Å²) in [6.45, 7) is 11.4. The summed E-state index contributed by atoms with van der Waals surface area (Å²) in [5.74, 6) is 0. The second-order valence-electron chi connectivity index (χ2n) is 8.96. The molecule has 0 nitrogen and oxygen atoms in total. The Labute approximate surface area is 192 Å². The summed E-state index contributed by atoms with van der Waals surface area (Å²) in [5, 5.41) is 0. The monoisotopic (exact) mass is 414 g/mol. The van der Waals surface area contributed by atoms with E-state index in [1.807, 2.05) is 0 Å². The molecule has 0 aliphatic heterocycles. The van der Waals surface area contributed by atoms with Crippen LogP contribution in [0.5, 0.6) is 0 Å². The van der Waals surface area contributed by atoms with Gasteiger partial charge in [0.25, 0.3) is 0 Å². The molecule has 158 valence electrons. The SMILES string of the molecule is C=C1/C=C\C2=C(Cc3c(CC)cccc31)C(C)=C(C)C2(c1ccccc1)c1ccccc1. The Morgan fingerprint density at radius 2 is 1.41 bits per heavy atom. The highest BCUT2D eigenvalue weighted by Gasteiger charge is 2.45. The lowest BCUT2D eigenvalue weighted by molar-refractivity contribution is 0.733. The van der Waals surface area contributed by atoms with Crippen LogP contribution in [0.4, 0.5) is 0 Å². The molecule has 0 bridgehead atoms. The van der Waals surface area contributed by atoms with Crippen molar-refractivity contribution in [2.24, 2.45) is 0 Å². The average molecular weight is 415 g/mol. The maximum atomic E-state index is 4.46. The van der Waals surface area contributed by atoms with Gasteiger partial charge in [-0.1, -0.05) is 110 Å². The molecule has 0 amide bonds. The van der Waals surface area contributed by atoms with E-state index in [2.05, 4.69) is 118 Å². The van der Waals surface area contributed by atoms with Crippen LogP contribution in [-0.2, 0) is 18.3 Å². The van der Waals surface area contributed by atoms with Gasteiger partial charge in [0.05, 0.1) is 5.41 Å². The molecule has 5 rings (SSSR count). The number of benzene rings is 3. The smallest absolute Gasteiger partial charge is 0.0667 e. The summed E-state index contributed by atoms with van der Waals surface area (Å²) < 4.78 is 0. The zero-order chi connectivity index (χ0) is 22.3. The van der Waals surface area contributed by atoms with Crippen molar-refractivity contribution in [1.82, 2.24) is 0 Å². The number of fused-ring (bicyclic) bond motifs is 1. The second kappa shape index (κ2) is 7.95. The van der Waals surface area contributed by atoms with E-state index >= 15 is 0 Å². The van der Waals surface area contributed by atoms with Crippen LogP contribution >= 0.6 is 0 Å². The number of hydrogen-bond donors (Lipinski definition) is 0. The van der Waals surface area contributed by atoms with Gasteiger partial charge in [-0.05, 0) is 76.8 Å². The maximum Gasteiger partial charge on any atom is 0.0667 e. The molecular formula is C32H30. The van der Waals surface area contributed by atoms with Gasteiger partial charge in [0.15, 0.2) is 0 Å². The molecule has 2 aliphatic carbocycles. The van der Waals surface area contributed by atoms with Crippen LogP contribution < -0.4 is 0 Å². The molecule has 0 spiro atoms. The van der Waals surface area contributed by atoms with Crippen LogP contribution in [-0.4, -0.2) is 0 Å². The molecule has 0 radical (unpaired) electrons. The third kappa shape index (κ3) is 2.90. The highest BCUT2D eigenvalue weighted by atomic mass is 14.5. The predicted octanol–water partition coefficient (Wildman–Crippen LogP) is 8.01. The fraction of sp³-hybridized carbons (Fsp3) is 0.188. The van der Waals surface area contributed by atoms with E-state index in [1.54, 1.807) is 0 Å². The van der Waals surface area contributed by atoms with Crippen molar-refractivity contribution in [3.8, 4) is 0 Å². The minimum atomic E-state index is -0.280. The summed E-state index contributed by atoms with van der Waals surface area (Å²) in [7, 11) is 0. The van der Waals surface area contributed by atoms with Crippen LogP contribution in [0.25, 0.3) is 5.57 Å². The fourth-order valence-electron chi connectivity index (χ4n) is 5.80. The Hall–Kier alpha value is -3.38. The summed E-state index contributed by atoms with van der Waals surface area (Å²) in [6, 6.07) is 28.7. The van der Waals surface area contributed by atoms with Crippen molar-refractivity contribution in [2.45, 2.75) is 39.0 Å². The van der Waals surface area contributed by atoms with E-state index in [1.165, 1.54) is 50.1 Å². The molecule has 3 aromatic rings. The molecule has 0 fully saturated rings. The number of aryl methyl sites for hydroxylation is 1. The zero-order valence-electron chi connectivity index (χ0n) is 19.3. The standard InChI is InChI=1S/C32H30/c1-5-25-13-12-18-28-22(2)19-20-31-29(21-30(25)28)23(3)24(4)32(31,26-14-8-6-9-15-26)27-16-10-7-11-17-27/h6-20H,2,5,21H2,1,3-4H3/b20-19-. The highest BCUT2D eigenvalue weighted by Crippen LogP contribution is 2.55. The molecule has 0 aromatic heterocycles. The van der Waals surface area contributed by atoms with Gasteiger partial charge in [-0.3, -0.25) is 0 Å². The largest absolute Gasteiger partial charge is 0.0911 e. The maximum absolute atomic E-state index is 4.46. The van der Waals surface area contributed by atoms with Crippen LogP contribution in [0.2, 0.25) is 0 Å². The summed E-state index contributed by atoms with van der Waals surface area (Å²) in [4.78, 5) is 0. The van der Waals surface area contributed by atoms with Gasteiger partial charge in [-0.2, -0.15) is 0 Å². The molecule has 32 heavy (non-hydrogen) atoms. The van der Waals surface area contributed by atoms with E-state index in [9.17, 15) is 0 Å². The van der Waals surface area contributed by atoms with Gasteiger partial charge >= 0.3 is 0 Å². The van der Waals surface area contributed by atoms with E-state index in [-0.39, 0.29) is 5.41 Å². The van der Waals surface area contributed by atoms with E-state index < -0.39 is 0 Å².